The number of alkyl halides is 3. The smallest absolute Gasteiger partial charge is 0.522 e. The van der Waals surface area contributed by atoms with Gasteiger partial charge < -0.3 is 17.7 Å². The quantitative estimate of drug-likeness (QED) is 0.578. The molecule has 0 radical (unpaired) electrons. The Morgan fingerprint density at radius 1 is 1.12 bits per heavy atom. The Morgan fingerprint density at radius 2 is 1.71 bits per heavy atom. The Labute approximate surface area is 136 Å². The van der Waals surface area contributed by atoms with Crippen molar-refractivity contribution in [3.8, 4) is 5.75 Å². The van der Waals surface area contributed by atoms with E-state index in [2.05, 4.69) is 4.74 Å². The van der Waals surface area contributed by atoms with Crippen LogP contribution in [0.25, 0.3) is 0 Å². The average molecular weight is 282 g/mol. The van der Waals surface area contributed by atoms with Crippen LogP contribution < -0.4 is 56.1 Å². The molecule has 0 saturated carbocycles. The van der Waals surface area contributed by atoms with Crippen LogP contribution in [-0.4, -0.2) is 13.5 Å². The van der Waals surface area contributed by atoms with Crippen molar-refractivity contribution < 1.29 is 82.2 Å². The molecule has 1 aromatic rings. The minimum absolute atomic E-state index is 0. The molecule has 0 fully saturated rings. The van der Waals surface area contributed by atoms with Gasteiger partial charge in [-0.15, -0.1) is 0 Å². The Kier molecular flexibility index (Phi) is 6.58. The van der Waals surface area contributed by atoms with E-state index in [4.69, 9.17) is 0 Å². The molecular formula is C8H6BF6KO. The van der Waals surface area contributed by atoms with Crippen molar-refractivity contribution in [2.45, 2.75) is 6.18 Å². The van der Waals surface area contributed by atoms with Gasteiger partial charge in [0.25, 0.3) is 0 Å². The van der Waals surface area contributed by atoms with Gasteiger partial charge >= 0.3 is 64.5 Å². The van der Waals surface area contributed by atoms with Crippen LogP contribution in [0.1, 0.15) is 5.56 Å². The van der Waals surface area contributed by atoms with E-state index in [1.165, 1.54) is 0 Å². The summed E-state index contributed by atoms with van der Waals surface area (Å²) in [6.45, 7) is -6.73. The molecule has 0 aromatic heterocycles. The molecular weight excluding hydrogens is 276 g/mol. The first-order chi connectivity index (χ1) is 7.18. The van der Waals surface area contributed by atoms with E-state index in [1.54, 1.807) is 0 Å². The van der Waals surface area contributed by atoms with E-state index in [9.17, 15) is 26.1 Å². The Bertz CT molecular complexity index is 364. The molecule has 0 aliphatic carbocycles. The first-order valence-corrected chi connectivity index (χ1v) is 4.19. The minimum atomic E-state index is -5.17. The molecule has 0 atom stereocenters. The summed E-state index contributed by atoms with van der Waals surface area (Å²) in [5.74, 6) is -0.450. The summed E-state index contributed by atoms with van der Waals surface area (Å²) in [5, 5.41) is 0. The van der Waals surface area contributed by atoms with E-state index in [1.807, 2.05) is 0 Å². The topological polar surface area (TPSA) is 9.23 Å². The SMILES string of the molecule is F[B-](F)(F)COc1cccc(C(F)(F)F)c1.[K+]. The van der Waals surface area contributed by atoms with Gasteiger partial charge in [-0.05, 0) is 18.2 Å². The molecule has 1 nitrogen and oxygen atoms in total. The number of hydrogen-bond donors (Lipinski definition) is 0. The normalized spacial score (nSPS) is 11.9. The van der Waals surface area contributed by atoms with Crippen molar-refractivity contribution in [3.63, 3.8) is 0 Å². The van der Waals surface area contributed by atoms with Crippen LogP contribution in [0.5, 0.6) is 5.75 Å². The van der Waals surface area contributed by atoms with Crippen molar-refractivity contribution in [1.82, 2.24) is 0 Å². The van der Waals surface area contributed by atoms with E-state index >= 15 is 0 Å². The Morgan fingerprint density at radius 3 is 2.18 bits per heavy atom. The summed E-state index contributed by atoms with van der Waals surface area (Å²) in [5.41, 5.74) is -1.04. The predicted octanol–water partition coefficient (Wildman–Crippen LogP) is 0.475. The molecule has 9 heteroatoms. The standard InChI is InChI=1S/C8H6BF6O.K/c10-8(11,12)6-2-1-3-7(4-6)16-5-9(13,14)15;/h1-4H,5H2;/q-1;+1. The zero-order valence-corrected chi connectivity index (χ0v) is 11.9. The van der Waals surface area contributed by atoms with Gasteiger partial charge in [0.05, 0.1) is 12.1 Å². The molecule has 0 N–H and O–H groups in total. The summed E-state index contributed by atoms with van der Waals surface area (Å²) in [7, 11) is 0. The van der Waals surface area contributed by atoms with E-state index < -0.39 is 31.0 Å². The largest absolute Gasteiger partial charge is 1.00 e. The van der Waals surface area contributed by atoms with Crippen molar-refractivity contribution >= 4 is 6.98 Å². The van der Waals surface area contributed by atoms with Gasteiger partial charge in [-0.2, -0.15) is 13.2 Å². The summed E-state index contributed by atoms with van der Waals surface area (Å²) in [6, 6.07) is 3.31. The Balaban J connectivity index is 0.00000256. The van der Waals surface area contributed by atoms with Crippen LogP contribution in [0.15, 0.2) is 24.3 Å². The van der Waals surface area contributed by atoms with E-state index in [0.29, 0.717) is 6.07 Å². The maximum Gasteiger partial charge on any atom is 1.00 e. The molecule has 0 aliphatic rings. The zero-order chi connectivity index (χ0) is 12.4. The zero-order valence-electron chi connectivity index (χ0n) is 8.77. The van der Waals surface area contributed by atoms with E-state index in [0.717, 1.165) is 18.2 Å². The molecule has 90 valence electrons. The predicted molar refractivity (Wildman–Crippen MR) is 46.0 cm³/mol. The molecule has 0 aliphatic heterocycles. The van der Waals surface area contributed by atoms with Gasteiger partial charge in [0.1, 0.15) is 5.75 Å². The van der Waals surface area contributed by atoms with E-state index in [-0.39, 0.29) is 51.4 Å². The van der Waals surface area contributed by atoms with Gasteiger partial charge in [0.2, 0.25) is 0 Å². The van der Waals surface area contributed by atoms with Crippen LogP contribution in [0.4, 0.5) is 26.1 Å². The van der Waals surface area contributed by atoms with Crippen molar-refractivity contribution in [2.24, 2.45) is 0 Å². The summed E-state index contributed by atoms with van der Waals surface area (Å²) < 4.78 is 76.1. The van der Waals surface area contributed by atoms with Crippen LogP contribution in [0.2, 0.25) is 0 Å². The summed E-state index contributed by atoms with van der Waals surface area (Å²) in [6.07, 6.45) is -4.59. The van der Waals surface area contributed by atoms with Gasteiger partial charge in [-0.1, -0.05) is 6.07 Å². The fraction of sp³-hybridized carbons (Fsp3) is 0.250. The van der Waals surface area contributed by atoms with Gasteiger partial charge in [-0.3, -0.25) is 0 Å². The molecule has 0 spiro atoms. The molecule has 0 amide bonds. The number of benzene rings is 1. The average Bonchev–Trinajstić information content (AvgIpc) is 2.13. The van der Waals surface area contributed by atoms with Crippen LogP contribution >= 0.6 is 0 Å². The number of hydrogen-bond acceptors (Lipinski definition) is 1. The first kappa shape index (κ1) is 17.3. The second kappa shape index (κ2) is 6.46. The van der Waals surface area contributed by atoms with Crippen LogP contribution in [0, 0.1) is 0 Å². The molecule has 0 unspecified atom stereocenters. The monoisotopic (exact) mass is 282 g/mol. The maximum absolute atomic E-state index is 12.2. The van der Waals surface area contributed by atoms with Gasteiger partial charge in [0.15, 0.2) is 0 Å². The number of rotatable bonds is 3. The summed E-state index contributed by atoms with van der Waals surface area (Å²) >= 11 is 0. The van der Waals surface area contributed by atoms with Crippen molar-refractivity contribution in [1.29, 1.82) is 0 Å². The molecule has 1 aromatic carbocycles. The van der Waals surface area contributed by atoms with Crippen molar-refractivity contribution in [3.05, 3.63) is 29.8 Å². The number of halogens is 6. The third-order valence-electron chi connectivity index (χ3n) is 1.60. The third kappa shape index (κ3) is 6.70. The van der Waals surface area contributed by atoms with Gasteiger partial charge in [0, 0.05) is 0 Å². The van der Waals surface area contributed by atoms with Crippen LogP contribution in [-0.2, 0) is 6.18 Å². The van der Waals surface area contributed by atoms with Crippen molar-refractivity contribution in [2.75, 3.05) is 6.51 Å². The fourth-order valence-electron chi connectivity index (χ4n) is 0.953. The first-order valence-electron chi connectivity index (χ1n) is 4.19. The minimum Gasteiger partial charge on any atom is -0.522 e. The third-order valence-corrected chi connectivity index (χ3v) is 1.60. The number of ether oxygens (including phenoxy) is 1. The molecule has 0 bridgehead atoms. The summed E-state index contributed by atoms with van der Waals surface area (Å²) in [4.78, 5) is 0. The second-order valence-electron chi connectivity index (χ2n) is 3.05. The Hall–Kier alpha value is 0.301. The molecule has 1 rings (SSSR count). The maximum atomic E-state index is 12.2. The second-order valence-corrected chi connectivity index (χ2v) is 3.05. The molecule has 0 heterocycles. The molecule has 0 saturated heterocycles. The fourth-order valence-corrected chi connectivity index (χ4v) is 0.953. The van der Waals surface area contributed by atoms with Gasteiger partial charge in [-0.25, -0.2) is 0 Å². The van der Waals surface area contributed by atoms with Crippen LogP contribution in [0.3, 0.4) is 0 Å². The molecule has 17 heavy (non-hydrogen) atoms.